The number of nitrogens with one attached hydrogen (secondary N) is 1. The molecule has 1 heterocycles. The number of aromatic nitrogens is 2. The van der Waals surface area contributed by atoms with Crippen LogP contribution in [0.2, 0.25) is 0 Å². The van der Waals surface area contributed by atoms with Gasteiger partial charge in [0.25, 0.3) is 5.91 Å². The topological polar surface area (TPSA) is 84.3 Å². The van der Waals surface area contributed by atoms with Crippen LogP contribution >= 0.6 is 0 Å². The predicted molar refractivity (Wildman–Crippen MR) is 88.2 cm³/mol. The van der Waals surface area contributed by atoms with E-state index in [2.05, 4.69) is 15.3 Å². The lowest BCUT2D eigenvalue weighted by Gasteiger charge is -2.29. The first kappa shape index (κ1) is 16.4. The molecule has 0 saturated heterocycles. The minimum Gasteiger partial charge on any atom is -0.473 e. The number of hydrogen-bond donors (Lipinski definition) is 2. The van der Waals surface area contributed by atoms with Crippen molar-refractivity contribution in [1.82, 2.24) is 15.3 Å². The standard InChI is InChI=1S/C18H21N3O3/c22-17(13-4-2-1-3-5-13)18(23)21-14-6-8-15(9-7-14)24-16-12-19-10-11-20-16/h1-5,10-12,14-15,17,22H,6-9H2,(H,21,23). The van der Waals surface area contributed by atoms with Crippen molar-refractivity contribution in [2.75, 3.05) is 0 Å². The molecule has 1 unspecified atom stereocenters. The number of amides is 1. The molecule has 24 heavy (non-hydrogen) atoms. The van der Waals surface area contributed by atoms with Crippen molar-refractivity contribution in [3.63, 3.8) is 0 Å². The Morgan fingerprint density at radius 2 is 1.92 bits per heavy atom. The van der Waals surface area contributed by atoms with E-state index in [-0.39, 0.29) is 18.1 Å². The molecule has 1 aromatic heterocycles. The van der Waals surface area contributed by atoms with Gasteiger partial charge in [-0.05, 0) is 31.2 Å². The zero-order valence-corrected chi connectivity index (χ0v) is 13.3. The number of carbonyl (C=O) groups is 1. The highest BCUT2D eigenvalue weighted by Crippen LogP contribution is 2.23. The molecule has 1 amide bonds. The normalized spacial score (nSPS) is 21.7. The van der Waals surface area contributed by atoms with E-state index in [1.165, 1.54) is 0 Å². The summed E-state index contributed by atoms with van der Waals surface area (Å²) >= 11 is 0. The van der Waals surface area contributed by atoms with Crippen molar-refractivity contribution < 1.29 is 14.6 Å². The number of benzene rings is 1. The van der Waals surface area contributed by atoms with Crippen molar-refractivity contribution in [1.29, 1.82) is 0 Å². The van der Waals surface area contributed by atoms with Gasteiger partial charge >= 0.3 is 0 Å². The Kier molecular flexibility index (Phi) is 5.38. The van der Waals surface area contributed by atoms with Gasteiger partial charge in [0.2, 0.25) is 5.88 Å². The largest absolute Gasteiger partial charge is 0.473 e. The SMILES string of the molecule is O=C(NC1CCC(Oc2cnccn2)CC1)C(O)c1ccccc1. The smallest absolute Gasteiger partial charge is 0.253 e. The third kappa shape index (κ3) is 4.29. The van der Waals surface area contributed by atoms with Crippen LogP contribution in [0.15, 0.2) is 48.9 Å². The van der Waals surface area contributed by atoms with Crippen LogP contribution in [-0.2, 0) is 4.79 Å². The molecule has 0 aliphatic heterocycles. The summed E-state index contributed by atoms with van der Waals surface area (Å²) in [5, 5.41) is 13.0. The average Bonchev–Trinajstić information content (AvgIpc) is 2.64. The van der Waals surface area contributed by atoms with E-state index in [4.69, 9.17) is 4.74 Å². The minimum absolute atomic E-state index is 0.0672. The first-order valence-electron chi connectivity index (χ1n) is 8.18. The van der Waals surface area contributed by atoms with Gasteiger partial charge in [-0.2, -0.15) is 0 Å². The summed E-state index contributed by atoms with van der Waals surface area (Å²) in [6, 6.07) is 9.03. The van der Waals surface area contributed by atoms with Crippen LogP contribution < -0.4 is 10.1 Å². The molecule has 1 saturated carbocycles. The molecule has 0 radical (unpaired) electrons. The second kappa shape index (κ2) is 7.88. The number of carbonyl (C=O) groups excluding carboxylic acids is 1. The van der Waals surface area contributed by atoms with Gasteiger partial charge in [-0.1, -0.05) is 30.3 Å². The molecule has 6 heteroatoms. The highest BCUT2D eigenvalue weighted by molar-refractivity contribution is 5.82. The maximum absolute atomic E-state index is 12.2. The van der Waals surface area contributed by atoms with E-state index in [9.17, 15) is 9.90 Å². The van der Waals surface area contributed by atoms with Crippen LogP contribution in [0.4, 0.5) is 0 Å². The van der Waals surface area contributed by atoms with Gasteiger partial charge in [0.05, 0.1) is 6.20 Å². The Morgan fingerprint density at radius 1 is 1.17 bits per heavy atom. The van der Waals surface area contributed by atoms with Gasteiger partial charge in [-0.3, -0.25) is 9.78 Å². The molecular formula is C18H21N3O3. The molecule has 1 aliphatic carbocycles. The Balaban J connectivity index is 1.46. The lowest BCUT2D eigenvalue weighted by molar-refractivity contribution is -0.130. The molecule has 6 nitrogen and oxygen atoms in total. The maximum atomic E-state index is 12.2. The molecule has 2 aromatic rings. The second-order valence-electron chi connectivity index (χ2n) is 5.96. The number of hydrogen-bond acceptors (Lipinski definition) is 5. The van der Waals surface area contributed by atoms with Crippen molar-refractivity contribution >= 4 is 5.91 Å². The molecule has 0 bridgehead atoms. The number of ether oxygens (including phenoxy) is 1. The lowest BCUT2D eigenvalue weighted by Crippen LogP contribution is -2.41. The van der Waals surface area contributed by atoms with Crippen LogP contribution in [-0.4, -0.2) is 33.1 Å². The molecule has 3 rings (SSSR count). The van der Waals surface area contributed by atoms with Crippen molar-refractivity contribution in [3.8, 4) is 5.88 Å². The Bertz CT molecular complexity index is 643. The number of rotatable bonds is 5. The van der Waals surface area contributed by atoms with Crippen LogP contribution in [0.5, 0.6) is 5.88 Å². The Labute approximate surface area is 140 Å². The van der Waals surface area contributed by atoms with Gasteiger partial charge in [0.1, 0.15) is 6.10 Å². The first-order chi connectivity index (χ1) is 11.7. The molecule has 1 aromatic carbocycles. The third-order valence-electron chi connectivity index (χ3n) is 4.21. The number of nitrogens with zero attached hydrogens (tertiary/aromatic N) is 2. The summed E-state index contributed by atoms with van der Waals surface area (Å²) in [7, 11) is 0. The number of aliphatic hydroxyl groups is 1. The zero-order valence-electron chi connectivity index (χ0n) is 13.3. The summed E-state index contributed by atoms with van der Waals surface area (Å²) in [6.07, 6.45) is 7.09. The summed E-state index contributed by atoms with van der Waals surface area (Å²) < 4.78 is 5.79. The fraction of sp³-hybridized carbons (Fsp3) is 0.389. The molecule has 2 N–H and O–H groups in total. The summed E-state index contributed by atoms with van der Waals surface area (Å²) in [5.41, 5.74) is 0.606. The Hall–Kier alpha value is -2.47. The van der Waals surface area contributed by atoms with E-state index < -0.39 is 6.10 Å². The van der Waals surface area contributed by atoms with Crippen LogP contribution in [0.25, 0.3) is 0 Å². The summed E-state index contributed by atoms with van der Waals surface area (Å²) in [4.78, 5) is 20.3. The quantitative estimate of drug-likeness (QED) is 0.877. The molecule has 0 spiro atoms. The first-order valence-corrected chi connectivity index (χ1v) is 8.18. The van der Waals surface area contributed by atoms with E-state index in [1.807, 2.05) is 6.07 Å². The van der Waals surface area contributed by atoms with Gasteiger partial charge in [-0.25, -0.2) is 4.98 Å². The fourth-order valence-corrected chi connectivity index (χ4v) is 2.91. The average molecular weight is 327 g/mol. The van der Waals surface area contributed by atoms with Gasteiger partial charge in [0.15, 0.2) is 6.10 Å². The van der Waals surface area contributed by atoms with Gasteiger partial charge < -0.3 is 15.2 Å². The lowest BCUT2D eigenvalue weighted by atomic mass is 9.92. The van der Waals surface area contributed by atoms with Crippen LogP contribution in [0.1, 0.15) is 37.4 Å². The highest BCUT2D eigenvalue weighted by atomic mass is 16.5. The summed E-state index contributed by atoms with van der Waals surface area (Å²) in [5.74, 6) is 0.184. The minimum atomic E-state index is -1.13. The highest BCUT2D eigenvalue weighted by Gasteiger charge is 2.26. The van der Waals surface area contributed by atoms with E-state index in [0.29, 0.717) is 11.4 Å². The van der Waals surface area contributed by atoms with Gasteiger partial charge in [0, 0.05) is 18.4 Å². The molecule has 1 fully saturated rings. The third-order valence-corrected chi connectivity index (χ3v) is 4.21. The second-order valence-corrected chi connectivity index (χ2v) is 5.96. The van der Waals surface area contributed by atoms with Crippen molar-refractivity contribution in [2.45, 2.75) is 43.9 Å². The number of aliphatic hydroxyl groups excluding tert-OH is 1. The fourth-order valence-electron chi connectivity index (χ4n) is 2.91. The predicted octanol–water partition coefficient (Wildman–Crippen LogP) is 2.02. The zero-order chi connectivity index (χ0) is 16.8. The van der Waals surface area contributed by atoms with E-state index >= 15 is 0 Å². The van der Waals surface area contributed by atoms with Gasteiger partial charge in [-0.15, -0.1) is 0 Å². The van der Waals surface area contributed by atoms with Crippen molar-refractivity contribution in [2.24, 2.45) is 0 Å². The Morgan fingerprint density at radius 3 is 2.58 bits per heavy atom. The molecule has 126 valence electrons. The van der Waals surface area contributed by atoms with Crippen LogP contribution in [0, 0.1) is 0 Å². The van der Waals surface area contributed by atoms with Crippen molar-refractivity contribution in [3.05, 3.63) is 54.5 Å². The van der Waals surface area contributed by atoms with E-state index in [1.54, 1.807) is 42.9 Å². The molecule has 1 aliphatic rings. The monoisotopic (exact) mass is 327 g/mol. The maximum Gasteiger partial charge on any atom is 0.253 e. The molecular weight excluding hydrogens is 306 g/mol. The van der Waals surface area contributed by atoms with Crippen LogP contribution in [0.3, 0.4) is 0 Å². The molecule has 1 atom stereocenters. The summed E-state index contributed by atoms with van der Waals surface area (Å²) in [6.45, 7) is 0. The van der Waals surface area contributed by atoms with E-state index in [0.717, 1.165) is 25.7 Å².